The minimum absolute atomic E-state index is 0.0260. The number of carbonyl (C=O) groups is 1. The van der Waals surface area contributed by atoms with Gasteiger partial charge in [0.05, 0.1) is 11.4 Å². The highest BCUT2D eigenvalue weighted by atomic mass is 19.1. The summed E-state index contributed by atoms with van der Waals surface area (Å²) in [6.07, 6.45) is 1.64. The lowest BCUT2D eigenvalue weighted by atomic mass is 10.3. The van der Waals surface area contributed by atoms with Gasteiger partial charge in [0.15, 0.2) is 18.2 Å². The number of para-hydroxylation sites is 1. The summed E-state index contributed by atoms with van der Waals surface area (Å²) in [6, 6.07) is 11.3. The summed E-state index contributed by atoms with van der Waals surface area (Å²) in [5.74, 6) is -0.968. The van der Waals surface area contributed by atoms with Crippen molar-refractivity contribution in [1.82, 2.24) is 10.4 Å². The molecule has 6 heteroatoms. The van der Waals surface area contributed by atoms with Gasteiger partial charge in [0.2, 0.25) is 0 Å². The van der Waals surface area contributed by atoms with E-state index in [1.54, 1.807) is 37.4 Å². The Kier molecular flexibility index (Phi) is 4.98. The third kappa shape index (κ3) is 4.38. The van der Waals surface area contributed by atoms with Crippen molar-refractivity contribution in [2.24, 2.45) is 5.10 Å². The van der Waals surface area contributed by atoms with E-state index in [1.165, 1.54) is 12.1 Å². The third-order valence-corrected chi connectivity index (χ3v) is 2.58. The Morgan fingerprint density at radius 2 is 2.05 bits per heavy atom. The van der Waals surface area contributed by atoms with Crippen LogP contribution in [0.3, 0.4) is 0 Å². The summed E-state index contributed by atoms with van der Waals surface area (Å²) < 4.78 is 18.3. The van der Waals surface area contributed by atoms with Crippen LogP contribution in [0, 0.1) is 5.82 Å². The molecule has 0 unspecified atom stereocenters. The summed E-state index contributed by atoms with van der Waals surface area (Å²) >= 11 is 0. The van der Waals surface area contributed by atoms with E-state index in [4.69, 9.17) is 4.74 Å². The number of nitrogens with zero attached hydrogens (tertiary/aromatic N) is 2. The number of aromatic nitrogens is 1. The van der Waals surface area contributed by atoms with Crippen molar-refractivity contribution in [1.29, 1.82) is 0 Å². The number of carbonyl (C=O) groups excluding carboxylic acids is 1. The topological polar surface area (TPSA) is 63.6 Å². The number of ether oxygens (including phenoxy) is 1. The van der Waals surface area contributed by atoms with Gasteiger partial charge in [-0.15, -0.1) is 0 Å². The van der Waals surface area contributed by atoms with E-state index in [0.29, 0.717) is 11.4 Å². The normalized spacial score (nSPS) is 11.0. The van der Waals surface area contributed by atoms with Crippen LogP contribution in [0.5, 0.6) is 5.75 Å². The SMILES string of the molecule is C/C(=N\NC(=O)COc1ccccc1F)c1ccccn1. The lowest BCUT2D eigenvalue weighted by Gasteiger charge is -2.06. The Bertz CT molecular complexity index is 644. The van der Waals surface area contributed by atoms with Gasteiger partial charge in [0.1, 0.15) is 0 Å². The Hall–Kier alpha value is -2.76. The van der Waals surface area contributed by atoms with E-state index in [9.17, 15) is 9.18 Å². The number of hydrazone groups is 1. The fourth-order valence-corrected chi connectivity index (χ4v) is 1.52. The minimum Gasteiger partial charge on any atom is -0.481 e. The van der Waals surface area contributed by atoms with Gasteiger partial charge < -0.3 is 4.74 Å². The summed E-state index contributed by atoms with van der Waals surface area (Å²) in [6.45, 7) is 1.40. The average molecular weight is 287 g/mol. The number of hydrogen-bond donors (Lipinski definition) is 1. The largest absolute Gasteiger partial charge is 0.481 e. The molecule has 0 radical (unpaired) electrons. The molecule has 1 aromatic carbocycles. The molecule has 0 spiro atoms. The van der Waals surface area contributed by atoms with E-state index < -0.39 is 11.7 Å². The summed E-state index contributed by atoms with van der Waals surface area (Å²) in [7, 11) is 0. The fourth-order valence-electron chi connectivity index (χ4n) is 1.52. The zero-order valence-electron chi connectivity index (χ0n) is 11.4. The maximum Gasteiger partial charge on any atom is 0.277 e. The second-order valence-corrected chi connectivity index (χ2v) is 4.17. The number of amides is 1. The standard InChI is InChI=1S/C15H14FN3O2/c1-11(13-7-4-5-9-17-13)18-19-15(20)10-21-14-8-3-2-6-12(14)16/h2-9H,10H2,1H3,(H,19,20)/b18-11+. The van der Waals surface area contributed by atoms with Crippen molar-refractivity contribution in [2.45, 2.75) is 6.92 Å². The van der Waals surface area contributed by atoms with Crippen LogP contribution in [-0.4, -0.2) is 23.2 Å². The van der Waals surface area contributed by atoms with Crippen LogP contribution >= 0.6 is 0 Å². The van der Waals surface area contributed by atoms with E-state index in [1.807, 2.05) is 6.07 Å². The van der Waals surface area contributed by atoms with E-state index >= 15 is 0 Å². The Balaban J connectivity index is 1.87. The second kappa shape index (κ2) is 7.14. The second-order valence-electron chi connectivity index (χ2n) is 4.17. The Morgan fingerprint density at radius 1 is 1.29 bits per heavy atom. The van der Waals surface area contributed by atoms with Crippen molar-refractivity contribution in [3.63, 3.8) is 0 Å². The predicted molar refractivity (Wildman–Crippen MR) is 76.5 cm³/mol. The zero-order valence-corrected chi connectivity index (χ0v) is 11.4. The van der Waals surface area contributed by atoms with Gasteiger partial charge in [-0.3, -0.25) is 9.78 Å². The predicted octanol–water partition coefficient (Wildman–Crippen LogP) is 2.14. The van der Waals surface area contributed by atoms with Gasteiger partial charge in [-0.2, -0.15) is 5.10 Å². The molecule has 21 heavy (non-hydrogen) atoms. The van der Waals surface area contributed by atoms with Crippen molar-refractivity contribution in [2.75, 3.05) is 6.61 Å². The summed E-state index contributed by atoms with van der Waals surface area (Å²) in [5.41, 5.74) is 3.56. The molecule has 0 aliphatic rings. The molecule has 0 saturated carbocycles. The molecular weight excluding hydrogens is 273 g/mol. The highest BCUT2D eigenvalue weighted by Crippen LogP contribution is 2.14. The molecule has 1 amide bonds. The van der Waals surface area contributed by atoms with Crippen molar-refractivity contribution >= 4 is 11.6 Å². The maximum atomic E-state index is 13.3. The monoisotopic (exact) mass is 287 g/mol. The first-order valence-electron chi connectivity index (χ1n) is 6.28. The molecule has 1 N–H and O–H groups in total. The molecule has 0 fully saturated rings. The number of nitrogens with one attached hydrogen (secondary N) is 1. The number of pyridine rings is 1. The van der Waals surface area contributed by atoms with Gasteiger partial charge in [-0.25, -0.2) is 9.82 Å². The van der Waals surface area contributed by atoms with E-state index in [2.05, 4.69) is 15.5 Å². The molecule has 108 valence electrons. The molecule has 5 nitrogen and oxygen atoms in total. The molecule has 0 saturated heterocycles. The van der Waals surface area contributed by atoms with Crippen molar-refractivity contribution < 1.29 is 13.9 Å². The van der Waals surface area contributed by atoms with Crippen LogP contribution in [0.25, 0.3) is 0 Å². The molecule has 2 aromatic rings. The average Bonchev–Trinajstić information content (AvgIpc) is 2.52. The number of halogens is 1. The quantitative estimate of drug-likeness (QED) is 0.677. The molecule has 0 aliphatic heterocycles. The van der Waals surface area contributed by atoms with Crippen LogP contribution in [0.4, 0.5) is 4.39 Å². The van der Waals surface area contributed by atoms with Crippen LogP contribution in [0.2, 0.25) is 0 Å². The van der Waals surface area contributed by atoms with Gasteiger partial charge in [0, 0.05) is 6.20 Å². The van der Waals surface area contributed by atoms with Gasteiger partial charge in [-0.1, -0.05) is 18.2 Å². The number of benzene rings is 1. The first-order chi connectivity index (χ1) is 10.2. The first kappa shape index (κ1) is 14.6. The maximum absolute atomic E-state index is 13.3. The van der Waals surface area contributed by atoms with Crippen LogP contribution in [-0.2, 0) is 4.79 Å². The molecule has 0 aliphatic carbocycles. The van der Waals surface area contributed by atoms with E-state index in [-0.39, 0.29) is 12.4 Å². The molecule has 1 aromatic heterocycles. The highest BCUT2D eigenvalue weighted by molar-refractivity contribution is 5.97. The fraction of sp³-hybridized carbons (Fsp3) is 0.133. The molecule has 2 rings (SSSR count). The summed E-state index contributed by atoms with van der Waals surface area (Å²) in [5, 5.41) is 3.91. The lowest BCUT2D eigenvalue weighted by Crippen LogP contribution is -2.25. The minimum atomic E-state index is -0.515. The van der Waals surface area contributed by atoms with Crippen molar-refractivity contribution in [3.8, 4) is 5.75 Å². The van der Waals surface area contributed by atoms with E-state index in [0.717, 1.165) is 0 Å². The van der Waals surface area contributed by atoms with Crippen LogP contribution in [0.1, 0.15) is 12.6 Å². The Labute approximate surface area is 121 Å². The molecule has 0 atom stereocenters. The van der Waals surface area contributed by atoms with Gasteiger partial charge in [-0.05, 0) is 31.2 Å². The van der Waals surface area contributed by atoms with Crippen molar-refractivity contribution in [3.05, 3.63) is 60.2 Å². The van der Waals surface area contributed by atoms with Gasteiger partial charge in [0.25, 0.3) is 5.91 Å². The number of rotatable bonds is 5. The van der Waals surface area contributed by atoms with Gasteiger partial charge >= 0.3 is 0 Å². The van der Waals surface area contributed by atoms with Crippen LogP contribution < -0.4 is 10.2 Å². The highest BCUT2D eigenvalue weighted by Gasteiger charge is 2.06. The molecule has 0 bridgehead atoms. The smallest absolute Gasteiger partial charge is 0.277 e. The lowest BCUT2D eigenvalue weighted by molar-refractivity contribution is -0.123. The Morgan fingerprint density at radius 3 is 2.76 bits per heavy atom. The molecule has 1 heterocycles. The van der Waals surface area contributed by atoms with Crippen LogP contribution in [0.15, 0.2) is 53.8 Å². The zero-order chi connectivity index (χ0) is 15.1. The first-order valence-corrected chi connectivity index (χ1v) is 6.28. The summed E-state index contributed by atoms with van der Waals surface area (Å²) in [4.78, 5) is 15.7. The molecular formula is C15H14FN3O2. The third-order valence-electron chi connectivity index (χ3n) is 2.58. The number of hydrogen-bond acceptors (Lipinski definition) is 4.